The van der Waals surface area contributed by atoms with Gasteiger partial charge >= 0.3 is 0 Å². The molecule has 1 aliphatic heterocycles. The number of hydrogen-bond donors (Lipinski definition) is 1. The SMILES string of the molecule is CCCCCCCCCCCCCCC[C@H]1CCC[C@H](C)N1. The first kappa shape index (κ1) is 20.0. The summed E-state index contributed by atoms with van der Waals surface area (Å²) in [6.07, 6.45) is 24.7. The fraction of sp³-hybridized carbons (Fsp3) is 1.00. The molecule has 1 N–H and O–H groups in total. The quantitative estimate of drug-likeness (QED) is 0.341. The summed E-state index contributed by atoms with van der Waals surface area (Å²) in [6.45, 7) is 4.64. The van der Waals surface area contributed by atoms with E-state index in [9.17, 15) is 0 Å². The van der Waals surface area contributed by atoms with Gasteiger partial charge in [0.05, 0.1) is 0 Å². The van der Waals surface area contributed by atoms with Crippen LogP contribution in [-0.4, -0.2) is 12.1 Å². The van der Waals surface area contributed by atoms with Crippen LogP contribution < -0.4 is 5.32 Å². The minimum atomic E-state index is 0.765. The molecule has 0 aliphatic carbocycles. The van der Waals surface area contributed by atoms with E-state index in [1.807, 2.05) is 0 Å². The molecule has 0 bridgehead atoms. The van der Waals surface area contributed by atoms with E-state index < -0.39 is 0 Å². The highest BCUT2D eigenvalue weighted by Crippen LogP contribution is 2.18. The molecule has 0 radical (unpaired) electrons. The highest BCUT2D eigenvalue weighted by molar-refractivity contribution is 4.77. The lowest BCUT2D eigenvalue weighted by Gasteiger charge is -2.28. The van der Waals surface area contributed by atoms with Crippen molar-refractivity contribution in [3.05, 3.63) is 0 Å². The molecule has 0 amide bonds. The molecule has 132 valence electrons. The summed E-state index contributed by atoms with van der Waals surface area (Å²) >= 11 is 0. The number of rotatable bonds is 14. The van der Waals surface area contributed by atoms with Gasteiger partial charge in [-0.1, -0.05) is 96.8 Å². The normalized spacial score (nSPS) is 22.1. The van der Waals surface area contributed by atoms with Crippen LogP contribution in [-0.2, 0) is 0 Å². The van der Waals surface area contributed by atoms with Gasteiger partial charge in [-0.2, -0.15) is 0 Å². The van der Waals surface area contributed by atoms with E-state index in [4.69, 9.17) is 0 Å². The second-order valence-corrected chi connectivity index (χ2v) is 7.73. The molecule has 1 fully saturated rings. The van der Waals surface area contributed by atoms with Crippen LogP contribution in [0.4, 0.5) is 0 Å². The minimum absolute atomic E-state index is 0.765. The van der Waals surface area contributed by atoms with Crippen LogP contribution in [0.25, 0.3) is 0 Å². The molecule has 0 saturated carbocycles. The van der Waals surface area contributed by atoms with Crippen molar-refractivity contribution in [2.75, 3.05) is 0 Å². The van der Waals surface area contributed by atoms with Gasteiger partial charge < -0.3 is 5.32 Å². The molecule has 1 saturated heterocycles. The van der Waals surface area contributed by atoms with E-state index in [1.165, 1.54) is 109 Å². The second-order valence-electron chi connectivity index (χ2n) is 7.73. The first-order valence-corrected chi connectivity index (χ1v) is 10.6. The Hall–Kier alpha value is -0.0400. The fourth-order valence-electron chi connectivity index (χ4n) is 3.88. The van der Waals surface area contributed by atoms with Crippen LogP contribution in [0.3, 0.4) is 0 Å². The topological polar surface area (TPSA) is 12.0 Å². The predicted molar refractivity (Wildman–Crippen MR) is 101 cm³/mol. The van der Waals surface area contributed by atoms with Gasteiger partial charge in [0.25, 0.3) is 0 Å². The molecule has 0 aromatic heterocycles. The van der Waals surface area contributed by atoms with Crippen molar-refractivity contribution < 1.29 is 0 Å². The molecule has 1 nitrogen and oxygen atoms in total. The average molecular weight is 310 g/mol. The molecule has 0 aromatic rings. The Balaban J connectivity index is 1.73. The van der Waals surface area contributed by atoms with Crippen molar-refractivity contribution in [3.63, 3.8) is 0 Å². The Morgan fingerprint density at radius 3 is 1.68 bits per heavy atom. The molecular formula is C21H43N. The number of piperidine rings is 1. The third-order valence-electron chi connectivity index (χ3n) is 5.37. The molecule has 1 heteroatoms. The van der Waals surface area contributed by atoms with Crippen molar-refractivity contribution in [2.45, 2.75) is 135 Å². The largest absolute Gasteiger partial charge is 0.312 e. The summed E-state index contributed by atoms with van der Waals surface area (Å²) in [5.41, 5.74) is 0. The smallest absolute Gasteiger partial charge is 0.00695 e. The lowest BCUT2D eigenvalue weighted by Crippen LogP contribution is -2.40. The number of nitrogens with one attached hydrogen (secondary N) is 1. The van der Waals surface area contributed by atoms with E-state index in [1.54, 1.807) is 0 Å². The molecule has 2 atom stereocenters. The van der Waals surface area contributed by atoms with Gasteiger partial charge in [-0.3, -0.25) is 0 Å². The zero-order valence-corrected chi connectivity index (χ0v) is 15.7. The lowest BCUT2D eigenvalue weighted by atomic mass is 9.95. The molecule has 1 rings (SSSR count). The molecule has 0 aromatic carbocycles. The summed E-state index contributed by atoms with van der Waals surface area (Å²) < 4.78 is 0. The third kappa shape index (κ3) is 11.5. The maximum Gasteiger partial charge on any atom is 0.00695 e. The highest BCUT2D eigenvalue weighted by atomic mass is 15.0. The van der Waals surface area contributed by atoms with Crippen LogP contribution in [0.15, 0.2) is 0 Å². The van der Waals surface area contributed by atoms with Gasteiger partial charge in [-0.15, -0.1) is 0 Å². The summed E-state index contributed by atoms with van der Waals surface area (Å²) in [5, 5.41) is 3.76. The zero-order valence-electron chi connectivity index (χ0n) is 15.7. The Labute approximate surface area is 141 Å². The van der Waals surface area contributed by atoms with Crippen molar-refractivity contribution >= 4 is 0 Å². The summed E-state index contributed by atoms with van der Waals surface area (Å²) in [4.78, 5) is 0. The van der Waals surface area contributed by atoms with E-state index >= 15 is 0 Å². The van der Waals surface area contributed by atoms with E-state index in [2.05, 4.69) is 19.2 Å². The molecule has 22 heavy (non-hydrogen) atoms. The van der Waals surface area contributed by atoms with Gasteiger partial charge in [0, 0.05) is 12.1 Å². The zero-order chi connectivity index (χ0) is 15.9. The van der Waals surface area contributed by atoms with Gasteiger partial charge in [0.15, 0.2) is 0 Å². The van der Waals surface area contributed by atoms with Gasteiger partial charge in [-0.05, 0) is 26.2 Å². The summed E-state index contributed by atoms with van der Waals surface area (Å²) in [6, 6.07) is 1.59. The predicted octanol–water partition coefficient (Wildman–Crippen LogP) is 7.00. The molecule has 0 spiro atoms. The standard InChI is InChI=1S/C21H43N/c1-3-4-5-6-7-8-9-10-11-12-13-14-15-18-21-19-16-17-20(2)22-21/h20-22H,3-19H2,1-2H3/t20-,21-/m0/s1. The maximum absolute atomic E-state index is 3.76. The second kappa shape index (κ2) is 14.5. The van der Waals surface area contributed by atoms with Gasteiger partial charge in [-0.25, -0.2) is 0 Å². The minimum Gasteiger partial charge on any atom is -0.312 e. The molecule has 1 aliphatic rings. The summed E-state index contributed by atoms with van der Waals surface area (Å²) in [5.74, 6) is 0. The van der Waals surface area contributed by atoms with E-state index in [-0.39, 0.29) is 0 Å². The molecular weight excluding hydrogens is 266 g/mol. The van der Waals surface area contributed by atoms with Crippen LogP contribution >= 0.6 is 0 Å². The van der Waals surface area contributed by atoms with Crippen molar-refractivity contribution in [2.24, 2.45) is 0 Å². The maximum atomic E-state index is 3.76. The van der Waals surface area contributed by atoms with Crippen LogP contribution in [0.5, 0.6) is 0 Å². The van der Waals surface area contributed by atoms with Crippen LogP contribution in [0.1, 0.15) is 123 Å². The molecule has 1 heterocycles. The Bertz CT molecular complexity index is 226. The summed E-state index contributed by atoms with van der Waals surface area (Å²) in [7, 11) is 0. The van der Waals surface area contributed by atoms with Crippen molar-refractivity contribution in [1.29, 1.82) is 0 Å². The Morgan fingerprint density at radius 1 is 0.682 bits per heavy atom. The van der Waals surface area contributed by atoms with Crippen LogP contribution in [0.2, 0.25) is 0 Å². The lowest BCUT2D eigenvalue weighted by molar-refractivity contribution is 0.314. The average Bonchev–Trinajstić information content (AvgIpc) is 2.52. The van der Waals surface area contributed by atoms with E-state index in [0.29, 0.717) is 0 Å². The van der Waals surface area contributed by atoms with Crippen molar-refractivity contribution in [3.8, 4) is 0 Å². The highest BCUT2D eigenvalue weighted by Gasteiger charge is 2.16. The van der Waals surface area contributed by atoms with E-state index in [0.717, 1.165) is 12.1 Å². The van der Waals surface area contributed by atoms with Gasteiger partial charge in [0.1, 0.15) is 0 Å². The monoisotopic (exact) mass is 309 g/mol. The fourth-order valence-corrected chi connectivity index (χ4v) is 3.88. The third-order valence-corrected chi connectivity index (χ3v) is 5.37. The molecule has 0 unspecified atom stereocenters. The van der Waals surface area contributed by atoms with Crippen molar-refractivity contribution in [1.82, 2.24) is 5.32 Å². The Morgan fingerprint density at radius 2 is 1.18 bits per heavy atom. The Kier molecular flexibility index (Phi) is 13.2. The van der Waals surface area contributed by atoms with Gasteiger partial charge in [0.2, 0.25) is 0 Å². The van der Waals surface area contributed by atoms with Crippen LogP contribution in [0, 0.1) is 0 Å². The first-order chi connectivity index (χ1) is 10.8. The first-order valence-electron chi connectivity index (χ1n) is 10.6. The number of unbranched alkanes of at least 4 members (excludes halogenated alkanes) is 12. The number of hydrogen-bond acceptors (Lipinski definition) is 1.